The third kappa shape index (κ3) is 5.88. The van der Waals surface area contributed by atoms with Crippen molar-refractivity contribution in [2.75, 3.05) is 13.1 Å². The summed E-state index contributed by atoms with van der Waals surface area (Å²) >= 11 is 0. The largest absolute Gasteiger partial charge is 0.317 e. The molecule has 1 unspecified atom stereocenters. The second kappa shape index (κ2) is 8.30. The minimum absolute atomic E-state index is 0.819. The van der Waals surface area contributed by atoms with E-state index in [9.17, 15) is 0 Å². The van der Waals surface area contributed by atoms with Crippen LogP contribution in [0.15, 0.2) is 24.3 Å². The minimum atomic E-state index is 0.819. The lowest BCUT2D eigenvalue weighted by Gasteiger charge is -2.11. The summed E-state index contributed by atoms with van der Waals surface area (Å²) in [6, 6.07) is 9.10. The van der Waals surface area contributed by atoms with Gasteiger partial charge in [0.15, 0.2) is 0 Å². The predicted molar refractivity (Wildman–Crippen MR) is 76.5 cm³/mol. The molecule has 0 spiro atoms. The van der Waals surface area contributed by atoms with Gasteiger partial charge in [-0.05, 0) is 55.8 Å². The molecule has 0 aliphatic carbocycles. The van der Waals surface area contributed by atoms with Gasteiger partial charge in [-0.1, -0.05) is 45.0 Å². The number of nitrogens with one attached hydrogen (secondary N) is 1. The van der Waals surface area contributed by atoms with Crippen molar-refractivity contribution in [2.45, 2.75) is 46.5 Å². The van der Waals surface area contributed by atoms with E-state index in [4.69, 9.17) is 0 Å². The Morgan fingerprint density at radius 2 is 1.65 bits per heavy atom. The number of rotatable bonds is 8. The summed E-state index contributed by atoms with van der Waals surface area (Å²) in [4.78, 5) is 0. The summed E-state index contributed by atoms with van der Waals surface area (Å²) in [6.45, 7) is 8.98. The van der Waals surface area contributed by atoms with Crippen LogP contribution in [0.3, 0.4) is 0 Å². The van der Waals surface area contributed by atoms with Crippen LogP contribution in [0, 0.1) is 5.92 Å². The highest BCUT2D eigenvalue weighted by atomic mass is 14.8. The van der Waals surface area contributed by atoms with Crippen LogP contribution >= 0.6 is 0 Å². The van der Waals surface area contributed by atoms with Crippen LogP contribution < -0.4 is 5.32 Å². The van der Waals surface area contributed by atoms with Crippen molar-refractivity contribution >= 4 is 0 Å². The highest BCUT2D eigenvalue weighted by molar-refractivity contribution is 5.22. The minimum Gasteiger partial charge on any atom is -0.317 e. The van der Waals surface area contributed by atoms with Gasteiger partial charge < -0.3 is 5.32 Å². The normalized spacial score (nSPS) is 12.6. The highest BCUT2D eigenvalue weighted by Gasteiger charge is 2.02. The Bertz CT molecular complexity index is 289. The Balaban J connectivity index is 2.24. The summed E-state index contributed by atoms with van der Waals surface area (Å²) < 4.78 is 0. The average molecular weight is 233 g/mol. The molecule has 1 rings (SSSR count). The Morgan fingerprint density at radius 3 is 2.24 bits per heavy atom. The fourth-order valence-electron chi connectivity index (χ4n) is 2.02. The van der Waals surface area contributed by atoms with E-state index in [0.29, 0.717) is 0 Å². The number of hydrogen-bond donors (Lipinski definition) is 1. The molecule has 0 aliphatic heterocycles. The Hall–Kier alpha value is -0.820. The zero-order chi connectivity index (χ0) is 12.5. The topological polar surface area (TPSA) is 12.0 Å². The number of hydrogen-bond acceptors (Lipinski definition) is 1. The zero-order valence-corrected chi connectivity index (χ0v) is 11.6. The second-order valence-corrected chi connectivity index (χ2v) is 4.96. The molecule has 0 fully saturated rings. The zero-order valence-electron chi connectivity index (χ0n) is 11.6. The maximum atomic E-state index is 3.39. The fourth-order valence-corrected chi connectivity index (χ4v) is 2.02. The first-order valence-electron chi connectivity index (χ1n) is 7.04. The van der Waals surface area contributed by atoms with Gasteiger partial charge in [0.1, 0.15) is 0 Å². The molecule has 0 bridgehead atoms. The van der Waals surface area contributed by atoms with Crippen molar-refractivity contribution in [3.63, 3.8) is 0 Å². The first-order chi connectivity index (χ1) is 8.26. The molecule has 0 radical (unpaired) electrons. The van der Waals surface area contributed by atoms with E-state index >= 15 is 0 Å². The molecule has 0 amide bonds. The molecule has 1 aromatic rings. The Morgan fingerprint density at radius 1 is 1.00 bits per heavy atom. The van der Waals surface area contributed by atoms with Crippen molar-refractivity contribution in [2.24, 2.45) is 5.92 Å². The lowest BCUT2D eigenvalue weighted by atomic mass is 9.97. The summed E-state index contributed by atoms with van der Waals surface area (Å²) in [5.41, 5.74) is 2.92. The monoisotopic (exact) mass is 233 g/mol. The molecule has 1 atom stereocenters. The number of aryl methyl sites for hydroxylation is 2. The Labute approximate surface area is 107 Å². The van der Waals surface area contributed by atoms with Crippen LogP contribution in [0.4, 0.5) is 0 Å². The van der Waals surface area contributed by atoms with Crippen LogP contribution in [0.5, 0.6) is 0 Å². The molecule has 96 valence electrons. The summed E-state index contributed by atoms with van der Waals surface area (Å²) in [6.07, 6.45) is 4.95. The standard InChI is InChI=1S/C16H27N/c1-4-15-8-10-16(11-9-15)7-6-14(3)12-13-17-5-2/h8-11,14,17H,4-7,12-13H2,1-3H3. The van der Waals surface area contributed by atoms with E-state index in [1.54, 1.807) is 0 Å². The van der Waals surface area contributed by atoms with Crippen molar-refractivity contribution in [3.8, 4) is 0 Å². The molecule has 1 aromatic carbocycles. The van der Waals surface area contributed by atoms with Gasteiger partial charge >= 0.3 is 0 Å². The average Bonchev–Trinajstić information content (AvgIpc) is 2.37. The predicted octanol–water partition coefficient (Wildman–Crippen LogP) is 3.82. The molecule has 17 heavy (non-hydrogen) atoms. The SMILES string of the molecule is CCNCCC(C)CCc1ccc(CC)cc1. The van der Waals surface area contributed by atoms with Crippen molar-refractivity contribution < 1.29 is 0 Å². The van der Waals surface area contributed by atoms with Crippen LogP contribution in [-0.4, -0.2) is 13.1 Å². The first kappa shape index (κ1) is 14.2. The maximum Gasteiger partial charge on any atom is -0.00465 e. The summed E-state index contributed by atoms with van der Waals surface area (Å²) in [5, 5.41) is 3.39. The smallest absolute Gasteiger partial charge is 0.00465 e. The van der Waals surface area contributed by atoms with Gasteiger partial charge in [0, 0.05) is 0 Å². The third-order valence-corrected chi connectivity index (χ3v) is 3.42. The molecule has 1 nitrogen and oxygen atoms in total. The Kier molecular flexibility index (Phi) is 6.95. The second-order valence-electron chi connectivity index (χ2n) is 4.96. The van der Waals surface area contributed by atoms with E-state index in [1.165, 1.54) is 30.4 Å². The van der Waals surface area contributed by atoms with Gasteiger partial charge in [-0.2, -0.15) is 0 Å². The fraction of sp³-hybridized carbons (Fsp3) is 0.625. The number of benzene rings is 1. The molecule has 0 aromatic heterocycles. The summed E-state index contributed by atoms with van der Waals surface area (Å²) in [7, 11) is 0. The van der Waals surface area contributed by atoms with Crippen LogP contribution in [0.2, 0.25) is 0 Å². The quantitative estimate of drug-likeness (QED) is 0.673. The lowest BCUT2D eigenvalue weighted by molar-refractivity contribution is 0.474. The molecule has 0 aliphatic rings. The molecular weight excluding hydrogens is 206 g/mol. The molecular formula is C16H27N. The molecule has 0 saturated heterocycles. The van der Waals surface area contributed by atoms with Gasteiger partial charge in [-0.15, -0.1) is 0 Å². The van der Waals surface area contributed by atoms with Crippen molar-refractivity contribution in [1.82, 2.24) is 5.32 Å². The van der Waals surface area contributed by atoms with Crippen molar-refractivity contribution in [3.05, 3.63) is 35.4 Å². The molecule has 1 N–H and O–H groups in total. The summed E-state index contributed by atoms with van der Waals surface area (Å²) in [5.74, 6) is 0.819. The van der Waals surface area contributed by atoms with Gasteiger partial charge in [0.25, 0.3) is 0 Å². The van der Waals surface area contributed by atoms with Crippen molar-refractivity contribution in [1.29, 1.82) is 0 Å². The van der Waals surface area contributed by atoms with Gasteiger partial charge in [0.05, 0.1) is 0 Å². The van der Waals surface area contributed by atoms with E-state index in [2.05, 4.69) is 50.4 Å². The van der Waals surface area contributed by atoms with E-state index < -0.39 is 0 Å². The van der Waals surface area contributed by atoms with Crippen LogP contribution in [-0.2, 0) is 12.8 Å². The lowest BCUT2D eigenvalue weighted by Crippen LogP contribution is -2.16. The van der Waals surface area contributed by atoms with E-state index in [1.807, 2.05) is 0 Å². The van der Waals surface area contributed by atoms with Gasteiger partial charge in [-0.25, -0.2) is 0 Å². The van der Waals surface area contributed by atoms with Gasteiger partial charge in [0.2, 0.25) is 0 Å². The highest BCUT2D eigenvalue weighted by Crippen LogP contribution is 2.13. The van der Waals surface area contributed by atoms with Crippen LogP contribution in [0.25, 0.3) is 0 Å². The molecule has 1 heteroatoms. The molecule has 0 heterocycles. The third-order valence-electron chi connectivity index (χ3n) is 3.42. The van der Waals surface area contributed by atoms with E-state index in [-0.39, 0.29) is 0 Å². The first-order valence-corrected chi connectivity index (χ1v) is 7.04. The van der Waals surface area contributed by atoms with E-state index in [0.717, 1.165) is 25.4 Å². The maximum absolute atomic E-state index is 3.39. The van der Waals surface area contributed by atoms with Crippen LogP contribution in [0.1, 0.15) is 44.7 Å². The van der Waals surface area contributed by atoms with Gasteiger partial charge in [-0.3, -0.25) is 0 Å². The molecule has 0 saturated carbocycles.